The van der Waals surface area contributed by atoms with Crippen molar-refractivity contribution in [1.29, 1.82) is 0 Å². The second-order valence-electron chi connectivity index (χ2n) is 4.98. The smallest absolute Gasteiger partial charge is 0.222 e. The predicted octanol–water partition coefficient (Wildman–Crippen LogP) is 2.27. The molecule has 20 heavy (non-hydrogen) atoms. The van der Waals surface area contributed by atoms with E-state index < -0.39 is 0 Å². The number of aryl methyl sites for hydroxylation is 2. The average molecular weight is 274 g/mol. The van der Waals surface area contributed by atoms with Crippen molar-refractivity contribution in [3.8, 4) is 0 Å². The van der Waals surface area contributed by atoms with E-state index in [4.69, 9.17) is 0 Å². The molecule has 1 amide bonds. The van der Waals surface area contributed by atoms with Crippen LogP contribution in [0, 0.1) is 0 Å². The summed E-state index contributed by atoms with van der Waals surface area (Å²) >= 11 is 0. The minimum absolute atomic E-state index is 0.00263. The third kappa shape index (κ3) is 3.73. The molecule has 2 heterocycles. The fourth-order valence-electron chi connectivity index (χ4n) is 2.28. The van der Waals surface area contributed by atoms with Gasteiger partial charge in [0.25, 0.3) is 0 Å². The number of carbonyl (C=O) groups is 1. The quantitative estimate of drug-likeness (QED) is 0.842. The van der Waals surface area contributed by atoms with Gasteiger partial charge in [-0.3, -0.25) is 4.79 Å². The highest BCUT2D eigenvalue weighted by molar-refractivity contribution is 5.76. The van der Waals surface area contributed by atoms with Gasteiger partial charge < -0.3 is 14.5 Å². The molecule has 5 nitrogen and oxygen atoms in total. The second kappa shape index (κ2) is 6.93. The molecule has 2 aromatic heterocycles. The van der Waals surface area contributed by atoms with Gasteiger partial charge >= 0.3 is 0 Å². The second-order valence-corrected chi connectivity index (χ2v) is 4.98. The first-order chi connectivity index (χ1) is 9.70. The molecule has 2 aromatic rings. The van der Waals surface area contributed by atoms with Crippen LogP contribution in [-0.4, -0.2) is 20.0 Å². The Balaban J connectivity index is 1.91. The van der Waals surface area contributed by atoms with Gasteiger partial charge in [-0.25, -0.2) is 4.98 Å². The number of hydrogen-bond acceptors (Lipinski definition) is 2. The summed E-state index contributed by atoms with van der Waals surface area (Å²) in [6.07, 6.45) is 10.0. The van der Waals surface area contributed by atoms with E-state index >= 15 is 0 Å². The molecular weight excluding hydrogens is 252 g/mol. The van der Waals surface area contributed by atoms with Crippen LogP contribution < -0.4 is 5.32 Å². The number of amides is 1. The van der Waals surface area contributed by atoms with Gasteiger partial charge in [0, 0.05) is 44.8 Å². The Kier molecular flexibility index (Phi) is 4.98. The van der Waals surface area contributed by atoms with E-state index in [-0.39, 0.29) is 11.9 Å². The Morgan fingerprint density at radius 2 is 2.10 bits per heavy atom. The molecule has 2 rings (SSSR count). The Hall–Kier alpha value is -2.04. The lowest BCUT2D eigenvalue weighted by atomic mass is 10.1. The summed E-state index contributed by atoms with van der Waals surface area (Å²) < 4.78 is 3.97. The molecular formula is C15H22N4O. The van der Waals surface area contributed by atoms with Crippen molar-refractivity contribution in [2.75, 3.05) is 0 Å². The zero-order chi connectivity index (χ0) is 14.4. The van der Waals surface area contributed by atoms with Crippen molar-refractivity contribution in [2.24, 2.45) is 7.05 Å². The molecule has 0 fully saturated rings. The van der Waals surface area contributed by atoms with Crippen LogP contribution in [0.15, 0.2) is 36.9 Å². The van der Waals surface area contributed by atoms with E-state index in [9.17, 15) is 4.79 Å². The van der Waals surface area contributed by atoms with E-state index in [0.717, 1.165) is 18.7 Å². The largest absolute Gasteiger partial charge is 0.354 e. The highest BCUT2D eigenvalue weighted by atomic mass is 16.1. The van der Waals surface area contributed by atoms with Gasteiger partial charge in [0.15, 0.2) is 0 Å². The van der Waals surface area contributed by atoms with Gasteiger partial charge in [0.05, 0.1) is 6.04 Å². The number of imidazole rings is 1. The molecule has 0 aliphatic rings. The Morgan fingerprint density at radius 3 is 2.70 bits per heavy atom. The van der Waals surface area contributed by atoms with Gasteiger partial charge in [-0.2, -0.15) is 0 Å². The maximum absolute atomic E-state index is 12.1. The zero-order valence-corrected chi connectivity index (χ0v) is 12.1. The van der Waals surface area contributed by atoms with Crippen LogP contribution in [0.2, 0.25) is 0 Å². The maximum atomic E-state index is 12.1. The molecule has 1 atom stereocenters. The van der Waals surface area contributed by atoms with E-state index in [0.29, 0.717) is 13.0 Å². The predicted molar refractivity (Wildman–Crippen MR) is 78.0 cm³/mol. The normalized spacial score (nSPS) is 12.3. The highest BCUT2D eigenvalue weighted by Crippen LogP contribution is 2.16. The Morgan fingerprint density at radius 1 is 1.35 bits per heavy atom. The Labute approximate surface area is 119 Å². The maximum Gasteiger partial charge on any atom is 0.222 e. The van der Waals surface area contributed by atoms with Crippen LogP contribution in [0.3, 0.4) is 0 Å². The number of hydrogen-bond donors (Lipinski definition) is 1. The monoisotopic (exact) mass is 274 g/mol. The molecule has 0 saturated carbocycles. The molecule has 0 aromatic carbocycles. The van der Waals surface area contributed by atoms with E-state index in [2.05, 4.69) is 17.2 Å². The van der Waals surface area contributed by atoms with Gasteiger partial charge in [-0.1, -0.05) is 13.3 Å². The number of aromatic nitrogens is 3. The molecule has 0 aliphatic carbocycles. The minimum Gasteiger partial charge on any atom is -0.354 e. The number of rotatable bonds is 7. The van der Waals surface area contributed by atoms with Crippen molar-refractivity contribution >= 4 is 5.91 Å². The van der Waals surface area contributed by atoms with Crippen molar-refractivity contribution in [3.05, 3.63) is 42.7 Å². The summed E-state index contributed by atoms with van der Waals surface area (Å²) in [7, 11) is 1.96. The molecule has 0 aliphatic heterocycles. The van der Waals surface area contributed by atoms with Crippen molar-refractivity contribution in [3.63, 3.8) is 0 Å². The summed E-state index contributed by atoms with van der Waals surface area (Å²) in [5.41, 5.74) is 0. The summed E-state index contributed by atoms with van der Waals surface area (Å²) in [5, 5.41) is 3.09. The fraction of sp³-hybridized carbons (Fsp3) is 0.467. The molecule has 0 spiro atoms. The summed E-state index contributed by atoms with van der Waals surface area (Å²) in [5.74, 6) is 0.987. The SMILES string of the molecule is CCCC(NC(=O)CCn1cccc1)c1nccn1C. The van der Waals surface area contributed by atoms with Crippen LogP contribution in [-0.2, 0) is 18.4 Å². The first kappa shape index (κ1) is 14.4. The zero-order valence-electron chi connectivity index (χ0n) is 12.1. The van der Waals surface area contributed by atoms with Gasteiger partial charge in [-0.15, -0.1) is 0 Å². The molecule has 1 unspecified atom stereocenters. The fourth-order valence-corrected chi connectivity index (χ4v) is 2.28. The third-order valence-electron chi connectivity index (χ3n) is 3.35. The topological polar surface area (TPSA) is 51.9 Å². The first-order valence-corrected chi connectivity index (χ1v) is 7.08. The van der Waals surface area contributed by atoms with E-state index in [1.165, 1.54) is 0 Å². The number of nitrogens with zero attached hydrogens (tertiary/aromatic N) is 3. The van der Waals surface area contributed by atoms with Crippen molar-refractivity contribution in [2.45, 2.75) is 38.8 Å². The van der Waals surface area contributed by atoms with Gasteiger partial charge in [0.2, 0.25) is 5.91 Å². The van der Waals surface area contributed by atoms with Crippen molar-refractivity contribution < 1.29 is 4.79 Å². The molecule has 5 heteroatoms. The van der Waals surface area contributed by atoms with Crippen LogP contribution >= 0.6 is 0 Å². The molecule has 0 bridgehead atoms. The average Bonchev–Trinajstić information content (AvgIpc) is 3.07. The Bertz CT molecular complexity index is 530. The minimum atomic E-state index is -0.00263. The van der Waals surface area contributed by atoms with Crippen LogP contribution in [0.4, 0.5) is 0 Å². The summed E-state index contributed by atoms with van der Waals surface area (Å²) in [4.78, 5) is 16.4. The summed E-state index contributed by atoms with van der Waals surface area (Å²) in [6, 6.07) is 3.93. The summed E-state index contributed by atoms with van der Waals surface area (Å²) in [6.45, 7) is 2.82. The molecule has 0 radical (unpaired) electrons. The molecule has 1 N–H and O–H groups in total. The molecule has 0 saturated heterocycles. The van der Waals surface area contributed by atoms with Crippen LogP contribution in [0.1, 0.15) is 38.1 Å². The first-order valence-electron chi connectivity index (χ1n) is 7.08. The lowest BCUT2D eigenvalue weighted by Gasteiger charge is -2.18. The van der Waals surface area contributed by atoms with Crippen LogP contribution in [0.25, 0.3) is 0 Å². The standard InChI is InChI=1S/C15H22N4O/c1-3-6-13(15-16-8-12-18(15)2)17-14(20)7-11-19-9-4-5-10-19/h4-5,8-10,12-13H,3,6-7,11H2,1-2H3,(H,17,20). The van der Waals surface area contributed by atoms with Crippen molar-refractivity contribution in [1.82, 2.24) is 19.4 Å². The van der Waals surface area contributed by atoms with Crippen LogP contribution in [0.5, 0.6) is 0 Å². The van der Waals surface area contributed by atoms with E-state index in [1.807, 2.05) is 46.9 Å². The lowest BCUT2D eigenvalue weighted by Crippen LogP contribution is -2.30. The van der Waals surface area contributed by atoms with Gasteiger partial charge in [0.1, 0.15) is 5.82 Å². The molecule has 108 valence electrons. The number of nitrogens with one attached hydrogen (secondary N) is 1. The van der Waals surface area contributed by atoms with Gasteiger partial charge in [-0.05, 0) is 18.6 Å². The van der Waals surface area contributed by atoms with E-state index in [1.54, 1.807) is 6.20 Å². The third-order valence-corrected chi connectivity index (χ3v) is 3.35. The number of carbonyl (C=O) groups excluding carboxylic acids is 1. The lowest BCUT2D eigenvalue weighted by molar-refractivity contribution is -0.122. The highest BCUT2D eigenvalue weighted by Gasteiger charge is 2.17.